The number of carbonyl (C=O) groups excluding carboxylic acids is 2. The number of allylic oxidation sites excluding steroid dienone is 2. The molecule has 2 aliphatic rings. The Kier molecular flexibility index (Phi) is 4.86. The zero-order chi connectivity index (χ0) is 20.5. The molecule has 2 nitrogen and oxygen atoms in total. The third kappa shape index (κ3) is 2.37. The van der Waals surface area contributed by atoms with Crippen molar-refractivity contribution in [2.24, 2.45) is 0 Å². The standard InChI is InChI=1S/C20H10Cl6O2/c21-12-5-1-10(2-6-12)18(11-3-7-13(22)8-4-11)9-19(25)16(27)14(23)15(24)17(28)20(18,19)26/h1-8H,9H2/t19-,20-/m0/s1. The smallest absolute Gasteiger partial charge is 0.200 e. The van der Waals surface area contributed by atoms with Gasteiger partial charge >= 0.3 is 0 Å². The van der Waals surface area contributed by atoms with E-state index in [1.165, 1.54) is 0 Å². The summed E-state index contributed by atoms with van der Waals surface area (Å²) in [5.74, 6) is -1.35. The lowest BCUT2D eigenvalue weighted by Gasteiger charge is -2.65. The predicted molar refractivity (Wildman–Crippen MR) is 114 cm³/mol. The van der Waals surface area contributed by atoms with Gasteiger partial charge in [-0.3, -0.25) is 9.59 Å². The molecule has 0 N–H and O–H groups in total. The van der Waals surface area contributed by atoms with Crippen molar-refractivity contribution in [2.75, 3.05) is 0 Å². The summed E-state index contributed by atoms with van der Waals surface area (Å²) in [7, 11) is 0. The van der Waals surface area contributed by atoms with Crippen molar-refractivity contribution in [3.05, 3.63) is 79.8 Å². The summed E-state index contributed by atoms with van der Waals surface area (Å²) >= 11 is 37.8. The molecule has 0 radical (unpaired) electrons. The van der Waals surface area contributed by atoms with E-state index in [1.807, 2.05) is 0 Å². The highest BCUT2D eigenvalue weighted by molar-refractivity contribution is 6.67. The Morgan fingerprint density at radius 3 is 1.46 bits per heavy atom. The third-order valence-corrected chi connectivity index (χ3v) is 8.41. The highest BCUT2D eigenvalue weighted by atomic mass is 35.5. The van der Waals surface area contributed by atoms with Crippen molar-refractivity contribution in [2.45, 2.75) is 21.6 Å². The molecule has 2 aromatic rings. The monoisotopic (exact) mass is 492 g/mol. The number of fused-ring (bicyclic) bond motifs is 1. The van der Waals surface area contributed by atoms with E-state index in [1.54, 1.807) is 48.5 Å². The summed E-state index contributed by atoms with van der Waals surface area (Å²) in [6.07, 6.45) is 0.0548. The van der Waals surface area contributed by atoms with Gasteiger partial charge in [0.2, 0.25) is 0 Å². The van der Waals surface area contributed by atoms with E-state index in [0.29, 0.717) is 21.2 Å². The minimum atomic E-state index is -1.87. The Morgan fingerprint density at radius 1 is 0.643 bits per heavy atom. The average Bonchev–Trinajstić information content (AvgIpc) is 2.69. The van der Waals surface area contributed by atoms with Crippen LogP contribution in [0.4, 0.5) is 0 Å². The number of rotatable bonds is 2. The molecule has 0 unspecified atom stereocenters. The van der Waals surface area contributed by atoms with Gasteiger partial charge in [-0.2, -0.15) is 0 Å². The number of hydrogen-bond acceptors (Lipinski definition) is 2. The Balaban J connectivity index is 2.04. The molecule has 0 amide bonds. The normalized spacial score (nSPS) is 28.8. The number of hydrogen-bond donors (Lipinski definition) is 0. The lowest BCUT2D eigenvalue weighted by Crippen LogP contribution is -2.80. The van der Waals surface area contributed by atoms with Gasteiger partial charge in [0.15, 0.2) is 11.6 Å². The van der Waals surface area contributed by atoms with E-state index in [0.717, 1.165) is 0 Å². The molecule has 144 valence electrons. The van der Waals surface area contributed by atoms with Crippen molar-refractivity contribution in [3.63, 3.8) is 0 Å². The van der Waals surface area contributed by atoms with Crippen molar-refractivity contribution < 1.29 is 9.59 Å². The van der Waals surface area contributed by atoms with Gasteiger partial charge < -0.3 is 0 Å². The number of carbonyl (C=O) groups is 2. The van der Waals surface area contributed by atoms with Gasteiger partial charge in [-0.05, 0) is 41.8 Å². The van der Waals surface area contributed by atoms with Crippen LogP contribution in [-0.4, -0.2) is 21.3 Å². The minimum Gasteiger partial charge on any atom is -0.291 e. The van der Waals surface area contributed by atoms with Crippen molar-refractivity contribution >= 4 is 81.2 Å². The Hall–Kier alpha value is -0.740. The molecule has 0 saturated heterocycles. The predicted octanol–water partition coefficient (Wildman–Crippen LogP) is 6.48. The lowest BCUT2D eigenvalue weighted by molar-refractivity contribution is -0.134. The van der Waals surface area contributed by atoms with Gasteiger partial charge in [0, 0.05) is 10.0 Å². The van der Waals surface area contributed by atoms with E-state index >= 15 is 0 Å². The fourth-order valence-electron chi connectivity index (χ4n) is 4.21. The van der Waals surface area contributed by atoms with E-state index in [-0.39, 0.29) is 6.42 Å². The first kappa shape index (κ1) is 20.5. The zero-order valence-corrected chi connectivity index (χ0v) is 18.4. The average molecular weight is 495 g/mol. The second kappa shape index (κ2) is 6.63. The number of Topliss-reactive ketones (excluding diaryl/α,β-unsaturated/α-hetero) is 2. The van der Waals surface area contributed by atoms with Gasteiger partial charge in [-0.15, -0.1) is 23.2 Å². The molecule has 28 heavy (non-hydrogen) atoms. The summed E-state index contributed by atoms with van der Waals surface area (Å²) in [5.41, 5.74) is 0.221. The number of alkyl halides is 2. The first-order chi connectivity index (χ1) is 13.1. The van der Waals surface area contributed by atoms with E-state index < -0.39 is 36.8 Å². The van der Waals surface area contributed by atoms with Crippen LogP contribution in [0.5, 0.6) is 0 Å². The van der Waals surface area contributed by atoms with E-state index in [2.05, 4.69) is 0 Å². The lowest BCUT2D eigenvalue weighted by atomic mass is 9.44. The molecule has 0 aromatic heterocycles. The summed E-state index contributed by atoms with van der Waals surface area (Å²) in [4.78, 5) is 22.5. The fourth-order valence-corrected chi connectivity index (χ4v) is 6.11. The molecule has 2 aliphatic carbocycles. The maximum absolute atomic E-state index is 13.3. The van der Waals surface area contributed by atoms with Gasteiger partial charge in [0.25, 0.3) is 0 Å². The van der Waals surface area contributed by atoms with Crippen molar-refractivity contribution in [1.29, 1.82) is 0 Å². The summed E-state index contributed by atoms with van der Waals surface area (Å²) in [6, 6.07) is 13.7. The highest BCUT2D eigenvalue weighted by Gasteiger charge is 2.82. The van der Waals surface area contributed by atoms with Gasteiger partial charge in [0.05, 0.1) is 5.41 Å². The topological polar surface area (TPSA) is 34.1 Å². The van der Waals surface area contributed by atoms with Crippen LogP contribution in [0.3, 0.4) is 0 Å². The molecule has 0 spiro atoms. The van der Waals surface area contributed by atoms with Crippen LogP contribution in [0.25, 0.3) is 0 Å². The van der Waals surface area contributed by atoms with Crippen LogP contribution >= 0.6 is 69.6 Å². The molecule has 0 aliphatic heterocycles. The minimum absolute atomic E-state index is 0.0548. The summed E-state index contributed by atoms with van der Waals surface area (Å²) in [5, 5.41) is 0.230. The van der Waals surface area contributed by atoms with Crippen molar-refractivity contribution in [3.8, 4) is 0 Å². The maximum atomic E-state index is 13.3. The van der Waals surface area contributed by atoms with Crippen LogP contribution in [0.2, 0.25) is 10.0 Å². The number of halogens is 6. The quantitative estimate of drug-likeness (QED) is 0.448. The summed E-state index contributed by atoms with van der Waals surface area (Å²) in [6.45, 7) is 0. The molecule has 0 heterocycles. The second-order valence-electron chi connectivity index (χ2n) is 6.84. The molecule has 1 saturated carbocycles. The zero-order valence-electron chi connectivity index (χ0n) is 13.9. The summed E-state index contributed by atoms with van der Waals surface area (Å²) < 4.78 is 0. The molecule has 0 bridgehead atoms. The first-order valence-electron chi connectivity index (χ1n) is 8.14. The second-order valence-corrected chi connectivity index (χ2v) is 9.68. The van der Waals surface area contributed by atoms with Crippen LogP contribution in [0.15, 0.2) is 58.6 Å². The van der Waals surface area contributed by atoms with Crippen molar-refractivity contribution in [1.82, 2.24) is 0 Å². The SMILES string of the molecule is O=C1C(Cl)=C(Cl)C(=O)[C@]2(Cl)C(c3ccc(Cl)cc3)(c3ccc(Cl)cc3)C[C@]12Cl. The van der Waals surface area contributed by atoms with E-state index in [9.17, 15) is 9.59 Å². The van der Waals surface area contributed by atoms with Gasteiger partial charge in [0.1, 0.15) is 19.8 Å². The van der Waals surface area contributed by atoms with Gasteiger partial charge in [-0.1, -0.05) is 70.7 Å². The maximum Gasteiger partial charge on any atom is 0.200 e. The fraction of sp³-hybridized carbons (Fsp3) is 0.200. The van der Waals surface area contributed by atoms with Gasteiger partial charge in [-0.25, -0.2) is 0 Å². The van der Waals surface area contributed by atoms with Crippen LogP contribution in [0.1, 0.15) is 17.5 Å². The molecule has 8 heteroatoms. The van der Waals surface area contributed by atoms with Crippen LogP contribution in [-0.2, 0) is 15.0 Å². The molecule has 4 rings (SSSR count). The van der Waals surface area contributed by atoms with E-state index in [4.69, 9.17) is 69.6 Å². The molecular weight excluding hydrogens is 485 g/mol. The molecule has 1 fully saturated rings. The van der Waals surface area contributed by atoms with Crippen LogP contribution in [0, 0.1) is 0 Å². The number of ketones is 2. The third-order valence-electron chi connectivity index (χ3n) is 5.58. The Labute approximate surface area is 191 Å². The molecule has 2 atom stereocenters. The molecular formula is C20H10Cl6O2. The molecule has 2 aromatic carbocycles. The number of benzene rings is 2. The Morgan fingerprint density at radius 2 is 1.04 bits per heavy atom. The largest absolute Gasteiger partial charge is 0.291 e. The first-order valence-corrected chi connectivity index (χ1v) is 10.4. The highest BCUT2D eigenvalue weighted by Crippen LogP contribution is 2.71. The Bertz CT molecular complexity index is 998. The van der Waals surface area contributed by atoms with Crippen LogP contribution < -0.4 is 0 Å².